The van der Waals surface area contributed by atoms with Crippen molar-refractivity contribution in [2.45, 2.75) is 5.33 Å². The first-order valence-corrected chi connectivity index (χ1v) is 7.65. The van der Waals surface area contributed by atoms with Crippen molar-refractivity contribution in [2.24, 2.45) is 0 Å². The van der Waals surface area contributed by atoms with Crippen molar-refractivity contribution in [1.82, 2.24) is 0 Å². The number of halogens is 5. The summed E-state index contributed by atoms with van der Waals surface area (Å²) in [6.45, 7) is 0. The molecule has 0 saturated carbocycles. The van der Waals surface area contributed by atoms with Crippen molar-refractivity contribution < 1.29 is 0 Å². The standard InChI is InChI=1S/C13H7BrCl4/c14-6-7-1-2-9(11(16)3-7)10-4-8(15)5-12(17)13(10)18/h1-5H,6H2. The van der Waals surface area contributed by atoms with Gasteiger partial charge in [-0.3, -0.25) is 0 Å². The van der Waals surface area contributed by atoms with Gasteiger partial charge in [0.1, 0.15) is 0 Å². The van der Waals surface area contributed by atoms with Gasteiger partial charge in [0.15, 0.2) is 0 Å². The smallest absolute Gasteiger partial charge is 0.0672 e. The molecule has 0 fully saturated rings. The van der Waals surface area contributed by atoms with Crippen molar-refractivity contribution in [3.8, 4) is 11.1 Å². The summed E-state index contributed by atoms with van der Waals surface area (Å²) in [4.78, 5) is 0. The van der Waals surface area contributed by atoms with Gasteiger partial charge >= 0.3 is 0 Å². The maximum Gasteiger partial charge on any atom is 0.0672 e. The van der Waals surface area contributed by atoms with E-state index in [1.807, 2.05) is 18.2 Å². The zero-order chi connectivity index (χ0) is 13.3. The summed E-state index contributed by atoms with van der Waals surface area (Å²) in [5, 5.41) is 2.76. The van der Waals surface area contributed by atoms with Crippen LogP contribution in [-0.4, -0.2) is 0 Å². The summed E-state index contributed by atoms with van der Waals surface area (Å²) in [6, 6.07) is 9.13. The van der Waals surface area contributed by atoms with Gasteiger partial charge in [0.05, 0.1) is 10.0 Å². The van der Waals surface area contributed by atoms with Crippen LogP contribution < -0.4 is 0 Å². The zero-order valence-corrected chi connectivity index (χ0v) is 13.6. The maximum absolute atomic E-state index is 6.25. The molecule has 2 rings (SSSR count). The predicted molar refractivity (Wildman–Crippen MR) is 84.5 cm³/mol. The highest BCUT2D eigenvalue weighted by atomic mass is 79.9. The molecule has 0 bridgehead atoms. The third-order valence-electron chi connectivity index (χ3n) is 2.47. The summed E-state index contributed by atoms with van der Waals surface area (Å²) in [7, 11) is 0. The number of hydrogen-bond donors (Lipinski definition) is 0. The van der Waals surface area contributed by atoms with Gasteiger partial charge in [-0.1, -0.05) is 74.5 Å². The van der Waals surface area contributed by atoms with E-state index in [1.165, 1.54) is 0 Å². The van der Waals surface area contributed by atoms with Crippen LogP contribution in [0, 0.1) is 0 Å². The number of rotatable bonds is 2. The molecule has 0 aromatic heterocycles. The molecule has 2 aromatic carbocycles. The highest BCUT2D eigenvalue weighted by Gasteiger charge is 2.12. The molecule has 0 radical (unpaired) electrons. The van der Waals surface area contributed by atoms with E-state index < -0.39 is 0 Å². The summed E-state index contributed by atoms with van der Waals surface area (Å²) in [6.07, 6.45) is 0. The lowest BCUT2D eigenvalue weighted by molar-refractivity contribution is 1.43. The fourth-order valence-electron chi connectivity index (χ4n) is 1.61. The number of benzene rings is 2. The van der Waals surface area contributed by atoms with Gasteiger partial charge in [0.25, 0.3) is 0 Å². The molecule has 0 N–H and O–H groups in total. The average Bonchev–Trinajstić information content (AvgIpc) is 2.34. The zero-order valence-electron chi connectivity index (χ0n) is 8.98. The lowest BCUT2D eigenvalue weighted by Crippen LogP contribution is -1.85. The van der Waals surface area contributed by atoms with Gasteiger partial charge in [-0.05, 0) is 23.8 Å². The van der Waals surface area contributed by atoms with Crippen molar-refractivity contribution in [1.29, 1.82) is 0 Å². The first-order chi connectivity index (χ1) is 8.52. The molecule has 5 heteroatoms. The quantitative estimate of drug-likeness (QED) is 0.391. The lowest BCUT2D eigenvalue weighted by atomic mass is 10.0. The monoisotopic (exact) mass is 382 g/mol. The highest BCUT2D eigenvalue weighted by Crippen LogP contribution is 2.39. The average molecular weight is 385 g/mol. The van der Waals surface area contributed by atoms with Crippen LogP contribution >= 0.6 is 62.3 Å². The van der Waals surface area contributed by atoms with Gasteiger partial charge in [0.2, 0.25) is 0 Å². The van der Waals surface area contributed by atoms with E-state index in [9.17, 15) is 0 Å². The predicted octanol–water partition coefficient (Wildman–Crippen LogP) is 6.86. The summed E-state index contributed by atoms with van der Waals surface area (Å²) in [5.41, 5.74) is 2.64. The summed E-state index contributed by atoms with van der Waals surface area (Å²) in [5.74, 6) is 0. The third-order valence-corrected chi connectivity index (χ3v) is 4.45. The summed E-state index contributed by atoms with van der Waals surface area (Å²) >= 11 is 27.8. The molecule has 0 aliphatic carbocycles. The van der Waals surface area contributed by atoms with Gasteiger partial charge in [-0.25, -0.2) is 0 Å². The number of alkyl halides is 1. The van der Waals surface area contributed by atoms with Crippen LogP contribution in [0.1, 0.15) is 5.56 Å². The topological polar surface area (TPSA) is 0 Å². The molecular weight excluding hydrogens is 378 g/mol. The Balaban J connectivity index is 2.62. The largest absolute Gasteiger partial charge is 0.0876 e. The highest BCUT2D eigenvalue weighted by molar-refractivity contribution is 9.08. The van der Waals surface area contributed by atoms with Crippen LogP contribution in [0.5, 0.6) is 0 Å². The van der Waals surface area contributed by atoms with Crippen LogP contribution in [0.15, 0.2) is 30.3 Å². The molecule has 0 heterocycles. The Morgan fingerprint density at radius 3 is 2.17 bits per heavy atom. The second kappa shape index (κ2) is 6.02. The minimum atomic E-state index is 0.416. The van der Waals surface area contributed by atoms with Gasteiger partial charge in [-0.2, -0.15) is 0 Å². The van der Waals surface area contributed by atoms with Crippen LogP contribution in [0.3, 0.4) is 0 Å². The van der Waals surface area contributed by atoms with Gasteiger partial charge in [0, 0.05) is 26.5 Å². The summed E-state index contributed by atoms with van der Waals surface area (Å²) < 4.78 is 0. The van der Waals surface area contributed by atoms with E-state index in [0.29, 0.717) is 20.1 Å². The normalized spacial score (nSPS) is 10.7. The Hall–Kier alpha value is 0.0800. The minimum Gasteiger partial charge on any atom is -0.0876 e. The van der Waals surface area contributed by atoms with Crippen molar-refractivity contribution in [3.63, 3.8) is 0 Å². The minimum absolute atomic E-state index is 0.416. The second-order valence-electron chi connectivity index (χ2n) is 3.70. The molecule has 18 heavy (non-hydrogen) atoms. The SMILES string of the molecule is Clc1cc(Cl)c(Cl)c(-c2ccc(CBr)cc2Cl)c1. The van der Waals surface area contributed by atoms with Crippen molar-refractivity contribution in [3.05, 3.63) is 56.0 Å². The molecule has 0 atom stereocenters. The first kappa shape index (κ1) is 14.5. The fraction of sp³-hybridized carbons (Fsp3) is 0.0769. The lowest BCUT2D eigenvalue weighted by Gasteiger charge is -2.10. The van der Waals surface area contributed by atoms with Crippen molar-refractivity contribution >= 4 is 62.3 Å². The Bertz CT molecular complexity index is 596. The molecular formula is C13H7BrCl4. The number of hydrogen-bond acceptors (Lipinski definition) is 0. The molecule has 94 valence electrons. The molecule has 0 aliphatic heterocycles. The second-order valence-corrected chi connectivity index (χ2v) is 5.89. The molecule has 0 aliphatic rings. The Labute approximate surface area is 134 Å². The molecule has 0 saturated heterocycles. The maximum atomic E-state index is 6.25. The van der Waals surface area contributed by atoms with Gasteiger partial charge < -0.3 is 0 Å². The van der Waals surface area contributed by atoms with Crippen LogP contribution in [0.4, 0.5) is 0 Å². The third kappa shape index (κ3) is 2.97. The van der Waals surface area contributed by atoms with E-state index in [1.54, 1.807) is 12.1 Å². The fourth-order valence-corrected chi connectivity index (χ4v) is 2.97. The van der Waals surface area contributed by atoms with Crippen molar-refractivity contribution in [2.75, 3.05) is 0 Å². The molecule has 0 spiro atoms. The van der Waals surface area contributed by atoms with Crippen LogP contribution in [0.25, 0.3) is 11.1 Å². The van der Waals surface area contributed by atoms with E-state index in [0.717, 1.165) is 22.0 Å². The first-order valence-electron chi connectivity index (χ1n) is 5.02. The molecule has 0 unspecified atom stereocenters. The van der Waals surface area contributed by atoms with E-state index in [-0.39, 0.29) is 0 Å². The van der Waals surface area contributed by atoms with Crippen LogP contribution in [0.2, 0.25) is 20.1 Å². The Morgan fingerprint density at radius 2 is 1.56 bits per heavy atom. The Morgan fingerprint density at radius 1 is 0.833 bits per heavy atom. The van der Waals surface area contributed by atoms with E-state index in [4.69, 9.17) is 46.4 Å². The Kier molecular flexibility index (Phi) is 4.85. The van der Waals surface area contributed by atoms with Gasteiger partial charge in [-0.15, -0.1) is 0 Å². The molecule has 0 nitrogen and oxygen atoms in total. The molecule has 2 aromatic rings. The van der Waals surface area contributed by atoms with Crippen LogP contribution in [-0.2, 0) is 5.33 Å². The van der Waals surface area contributed by atoms with E-state index in [2.05, 4.69) is 15.9 Å². The van der Waals surface area contributed by atoms with E-state index >= 15 is 0 Å². The molecule has 0 amide bonds.